The zero-order valence-electron chi connectivity index (χ0n) is 5.69. The van der Waals surface area contributed by atoms with Crippen LogP contribution in [0, 0.1) is 0 Å². The van der Waals surface area contributed by atoms with Crippen molar-refractivity contribution in [1.29, 1.82) is 0 Å². The zero-order chi connectivity index (χ0) is 8.43. The van der Waals surface area contributed by atoms with Crippen LogP contribution in [0.5, 0.6) is 0 Å². The molecule has 4 heteroatoms. The van der Waals surface area contributed by atoms with Crippen LogP contribution < -0.4 is 0 Å². The number of hydrogen-bond acceptors (Lipinski definition) is 3. The van der Waals surface area contributed by atoms with E-state index in [4.69, 9.17) is 15.3 Å². The van der Waals surface area contributed by atoms with E-state index < -0.39 is 12.3 Å². The van der Waals surface area contributed by atoms with Gasteiger partial charge in [0.05, 0.1) is 0 Å². The van der Waals surface area contributed by atoms with Crippen molar-refractivity contribution in [3.63, 3.8) is 0 Å². The van der Waals surface area contributed by atoms with Crippen LogP contribution in [0.3, 0.4) is 0 Å². The first-order valence-electron chi connectivity index (χ1n) is 3.10. The first kappa shape index (κ1) is 7.97. The third-order valence-corrected chi connectivity index (χ3v) is 1.50. The molecule has 0 bridgehead atoms. The van der Waals surface area contributed by atoms with E-state index in [0.29, 0.717) is 5.57 Å². The lowest BCUT2D eigenvalue weighted by molar-refractivity contribution is -0.132. The molecule has 0 unspecified atom stereocenters. The number of aliphatic hydroxyl groups is 2. The highest BCUT2D eigenvalue weighted by molar-refractivity contribution is 5.88. The molecule has 1 aliphatic carbocycles. The summed E-state index contributed by atoms with van der Waals surface area (Å²) in [6.07, 6.45) is 1.36. The van der Waals surface area contributed by atoms with Gasteiger partial charge in [0.15, 0.2) is 6.29 Å². The van der Waals surface area contributed by atoms with Crippen molar-refractivity contribution in [3.05, 3.63) is 23.3 Å². The molecule has 0 atom stereocenters. The lowest BCUT2D eigenvalue weighted by Gasteiger charge is -2.03. The van der Waals surface area contributed by atoms with Gasteiger partial charge in [0, 0.05) is 12.0 Å². The SMILES string of the molecule is O=C(O)C1=CC=C(C(O)O)C1. The molecule has 0 aromatic rings. The Morgan fingerprint density at radius 3 is 2.36 bits per heavy atom. The predicted molar refractivity (Wildman–Crippen MR) is 36.6 cm³/mol. The fourth-order valence-corrected chi connectivity index (χ4v) is 0.870. The summed E-state index contributed by atoms with van der Waals surface area (Å²) < 4.78 is 0. The maximum Gasteiger partial charge on any atom is 0.331 e. The third kappa shape index (κ3) is 1.66. The van der Waals surface area contributed by atoms with Crippen molar-refractivity contribution < 1.29 is 20.1 Å². The van der Waals surface area contributed by atoms with Gasteiger partial charge >= 0.3 is 5.97 Å². The number of hydrogen-bond donors (Lipinski definition) is 3. The molecule has 0 aliphatic heterocycles. The normalized spacial score (nSPS) is 16.6. The summed E-state index contributed by atoms with van der Waals surface area (Å²) in [7, 11) is 0. The lowest BCUT2D eigenvalue weighted by atomic mass is 10.1. The molecule has 4 nitrogen and oxygen atoms in total. The Kier molecular flexibility index (Phi) is 2.07. The first-order chi connectivity index (χ1) is 5.11. The fraction of sp³-hybridized carbons (Fsp3) is 0.286. The second-order valence-corrected chi connectivity index (χ2v) is 2.29. The predicted octanol–water partition coefficient (Wildman–Crippen LogP) is -0.362. The van der Waals surface area contributed by atoms with Crippen LogP contribution in [-0.2, 0) is 4.79 Å². The largest absolute Gasteiger partial charge is 0.478 e. The van der Waals surface area contributed by atoms with Crippen molar-refractivity contribution in [2.45, 2.75) is 12.7 Å². The molecule has 11 heavy (non-hydrogen) atoms. The lowest BCUT2D eigenvalue weighted by Crippen LogP contribution is -2.08. The number of carboxylic acid groups (broad SMARTS) is 1. The summed E-state index contributed by atoms with van der Waals surface area (Å²) in [5.74, 6) is -1.02. The minimum atomic E-state index is -1.54. The Bertz CT molecular complexity index is 237. The molecule has 0 amide bonds. The maximum absolute atomic E-state index is 10.3. The monoisotopic (exact) mass is 156 g/mol. The number of carbonyl (C=O) groups is 1. The van der Waals surface area contributed by atoms with Gasteiger partial charge in [0.25, 0.3) is 0 Å². The molecule has 3 N–H and O–H groups in total. The number of carboxylic acids is 1. The van der Waals surface area contributed by atoms with E-state index in [0.717, 1.165) is 0 Å². The molecule has 0 heterocycles. The van der Waals surface area contributed by atoms with E-state index in [1.165, 1.54) is 12.2 Å². The quantitative estimate of drug-likeness (QED) is 0.477. The van der Waals surface area contributed by atoms with Gasteiger partial charge in [-0.2, -0.15) is 0 Å². The second kappa shape index (κ2) is 2.86. The molecule has 0 fully saturated rings. The van der Waals surface area contributed by atoms with E-state index >= 15 is 0 Å². The van der Waals surface area contributed by atoms with Crippen LogP contribution in [0.4, 0.5) is 0 Å². The summed E-state index contributed by atoms with van der Waals surface area (Å²) >= 11 is 0. The summed E-state index contributed by atoms with van der Waals surface area (Å²) in [5.41, 5.74) is 0.510. The van der Waals surface area contributed by atoms with E-state index in [1.54, 1.807) is 0 Å². The van der Waals surface area contributed by atoms with E-state index in [1.807, 2.05) is 0 Å². The summed E-state index contributed by atoms with van der Waals surface area (Å²) in [5, 5.41) is 25.7. The van der Waals surface area contributed by atoms with Crippen molar-refractivity contribution in [2.75, 3.05) is 0 Å². The number of aliphatic carboxylic acids is 1. The molecule has 60 valence electrons. The molecule has 0 aromatic carbocycles. The second-order valence-electron chi connectivity index (χ2n) is 2.29. The van der Waals surface area contributed by atoms with Gasteiger partial charge < -0.3 is 15.3 Å². The number of allylic oxidation sites excluding steroid dienone is 2. The van der Waals surface area contributed by atoms with Crippen LogP contribution in [0.25, 0.3) is 0 Å². The summed E-state index contributed by atoms with van der Waals surface area (Å²) in [6, 6.07) is 0. The van der Waals surface area contributed by atoms with Crippen molar-refractivity contribution in [3.8, 4) is 0 Å². The van der Waals surface area contributed by atoms with Gasteiger partial charge in [-0.1, -0.05) is 12.2 Å². The molecular weight excluding hydrogens is 148 g/mol. The summed E-state index contributed by atoms with van der Waals surface area (Å²) in [6.45, 7) is 0. The van der Waals surface area contributed by atoms with E-state index in [9.17, 15) is 4.79 Å². The zero-order valence-corrected chi connectivity index (χ0v) is 5.69. The average Bonchev–Trinajstić information content (AvgIpc) is 2.33. The Morgan fingerprint density at radius 1 is 1.45 bits per heavy atom. The smallest absolute Gasteiger partial charge is 0.331 e. The molecule has 0 aromatic heterocycles. The fourth-order valence-electron chi connectivity index (χ4n) is 0.870. The topological polar surface area (TPSA) is 77.8 Å². The number of aliphatic hydroxyl groups excluding tert-OH is 1. The Morgan fingerprint density at radius 2 is 2.09 bits per heavy atom. The number of rotatable bonds is 2. The Labute approximate surface area is 63.1 Å². The maximum atomic E-state index is 10.3. The third-order valence-electron chi connectivity index (χ3n) is 1.50. The molecule has 1 rings (SSSR count). The standard InChI is InChI=1S/C7H8O4/c8-6(9)4-1-2-5(3-4)7(10)11/h1-2,6,8-9H,3H2,(H,10,11). The minimum absolute atomic E-state index is 0.118. The van der Waals surface area contributed by atoms with E-state index in [-0.39, 0.29) is 12.0 Å². The molecule has 0 saturated carbocycles. The van der Waals surface area contributed by atoms with Crippen LogP contribution in [0.1, 0.15) is 6.42 Å². The van der Waals surface area contributed by atoms with Crippen molar-refractivity contribution in [1.82, 2.24) is 0 Å². The highest BCUT2D eigenvalue weighted by atomic mass is 16.5. The van der Waals surface area contributed by atoms with Crippen LogP contribution in [-0.4, -0.2) is 27.6 Å². The Hall–Kier alpha value is -1.13. The highest BCUT2D eigenvalue weighted by Crippen LogP contribution is 2.20. The van der Waals surface area contributed by atoms with Gasteiger partial charge in [-0.05, 0) is 5.57 Å². The van der Waals surface area contributed by atoms with Crippen molar-refractivity contribution in [2.24, 2.45) is 0 Å². The van der Waals surface area contributed by atoms with E-state index in [2.05, 4.69) is 0 Å². The molecule has 0 radical (unpaired) electrons. The van der Waals surface area contributed by atoms with Crippen LogP contribution >= 0.6 is 0 Å². The van der Waals surface area contributed by atoms with Crippen LogP contribution in [0.15, 0.2) is 23.3 Å². The molecular formula is C7H8O4. The summed E-state index contributed by atoms with van der Waals surface area (Å²) in [4.78, 5) is 10.3. The molecule has 1 aliphatic rings. The minimum Gasteiger partial charge on any atom is -0.478 e. The highest BCUT2D eigenvalue weighted by Gasteiger charge is 2.17. The van der Waals surface area contributed by atoms with Gasteiger partial charge in [-0.15, -0.1) is 0 Å². The molecule has 0 spiro atoms. The van der Waals surface area contributed by atoms with Gasteiger partial charge in [0.1, 0.15) is 0 Å². The Balaban J connectivity index is 2.59. The van der Waals surface area contributed by atoms with Gasteiger partial charge in [-0.3, -0.25) is 0 Å². The van der Waals surface area contributed by atoms with Gasteiger partial charge in [0.2, 0.25) is 0 Å². The molecule has 0 saturated heterocycles. The van der Waals surface area contributed by atoms with Crippen molar-refractivity contribution >= 4 is 5.97 Å². The average molecular weight is 156 g/mol. The first-order valence-corrected chi connectivity index (χ1v) is 3.10. The van der Waals surface area contributed by atoms with Gasteiger partial charge in [-0.25, -0.2) is 4.79 Å². The van der Waals surface area contributed by atoms with Crippen LogP contribution in [0.2, 0.25) is 0 Å².